The Morgan fingerprint density at radius 2 is 1.96 bits per heavy atom. The number of nitrogens with zero attached hydrogens (tertiary/aromatic N) is 2. The number of aliphatic hydroxyl groups is 1. The molecule has 2 N–H and O–H groups in total. The van der Waals surface area contributed by atoms with Crippen molar-refractivity contribution >= 4 is 10.9 Å². The van der Waals surface area contributed by atoms with Crippen molar-refractivity contribution in [3.05, 3.63) is 60.4 Å². The molecular weight excluding hydrogens is 286 g/mol. The van der Waals surface area contributed by atoms with Crippen LogP contribution in [-0.4, -0.2) is 27.7 Å². The average molecular weight is 305 g/mol. The zero-order valence-corrected chi connectivity index (χ0v) is 12.8. The minimum atomic E-state index is -0.522. The molecular formula is C19H19N3O. The smallest absolute Gasteiger partial charge is 0.0950 e. The van der Waals surface area contributed by atoms with Crippen LogP contribution in [0.2, 0.25) is 0 Å². The van der Waals surface area contributed by atoms with E-state index in [-0.39, 0.29) is 6.04 Å². The fourth-order valence-corrected chi connectivity index (χ4v) is 3.32. The Labute approximate surface area is 135 Å². The molecule has 116 valence electrons. The van der Waals surface area contributed by atoms with E-state index in [0.29, 0.717) is 0 Å². The van der Waals surface area contributed by atoms with Crippen molar-refractivity contribution in [2.45, 2.75) is 25.0 Å². The van der Waals surface area contributed by atoms with Crippen molar-refractivity contribution in [3.8, 4) is 11.3 Å². The summed E-state index contributed by atoms with van der Waals surface area (Å²) in [5, 5.41) is 15.3. The maximum atomic E-state index is 10.9. The van der Waals surface area contributed by atoms with Crippen LogP contribution < -0.4 is 5.32 Å². The van der Waals surface area contributed by atoms with Crippen LogP contribution >= 0.6 is 0 Å². The maximum Gasteiger partial charge on any atom is 0.0950 e. The van der Waals surface area contributed by atoms with E-state index < -0.39 is 6.10 Å². The normalized spacial score (nSPS) is 19.1. The van der Waals surface area contributed by atoms with Gasteiger partial charge >= 0.3 is 0 Å². The van der Waals surface area contributed by atoms with Gasteiger partial charge in [-0.3, -0.25) is 4.98 Å². The first-order valence-corrected chi connectivity index (χ1v) is 8.04. The van der Waals surface area contributed by atoms with Crippen molar-refractivity contribution in [1.29, 1.82) is 0 Å². The van der Waals surface area contributed by atoms with Crippen LogP contribution in [0.1, 0.15) is 24.5 Å². The number of aliphatic hydroxyl groups excluding tert-OH is 1. The van der Waals surface area contributed by atoms with Gasteiger partial charge in [-0.25, -0.2) is 4.98 Å². The van der Waals surface area contributed by atoms with Crippen molar-refractivity contribution < 1.29 is 5.11 Å². The summed E-state index contributed by atoms with van der Waals surface area (Å²) in [6.45, 7) is 0.974. The van der Waals surface area contributed by atoms with E-state index in [9.17, 15) is 5.11 Å². The highest BCUT2D eigenvalue weighted by Crippen LogP contribution is 2.31. The summed E-state index contributed by atoms with van der Waals surface area (Å²) < 4.78 is 0. The van der Waals surface area contributed by atoms with Gasteiger partial charge in [-0.15, -0.1) is 0 Å². The Morgan fingerprint density at radius 3 is 2.74 bits per heavy atom. The molecule has 1 aromatic carbocycles. The molecule has 2 aromatic heterocycles. The molecule has 4 rings (SSSR count). The Kier molecular flexibility index (Phi) is 3.77. The Morgan fingerprint density at radius 1 is 1.13 bits per heavy atom. The monoisotopic (exact) mass is 305 g/mol. The molecule has 0 saturated carbocycles. The highest BCUT2D eigenvalue weighted by atomic mass is 16.3. The van der Waals surface area contributed by atoms with Crippen LogP contribution in [0.4, 0.5) is 0 Å². The molecule has 1 aliphatic heterocycles. The zero-order valence-electron chi connectivity index (χ0n) is 12.8. The standard InChI is InChI=1S/C19H19N3O/c23-19(17-6-3-9-21-17)15-12-18(13-7-10-20-11-8-13)22-16-5-2-1-4-14(15)16/h1-2,4-5,7-8,10-12,17,19,21,23H,3,6,9H2/t17-,19+/m0/s1. The van der Waals surface area contributed by atoms with Gasteiger partial charge in [0, 0.05) is 29.4 Å². The van der Waals surface area contributed by atoms with E-state index in [4.69, 9.17) is 4.98 Å². The molecule has 2 atom stereocenters. The second-order valence-electron chi connectivity index (χ2n) is 6.00. The molecule has 0 aliphatic carbocycles. The second-order valence-corrected chi connectivity index (χ2v) is 6.00. The quantitative estimate of drug-likeness (QED) is 0.781. The van der Waals surface area contributed by atoms with Gasteiger partial charge in [0.05, 0.1) is 17.3 Å². The molecule has 23 heavy (non-hydrogen) atoms. The summed E-state index contributed by atoms with van der Waals surface area (Å²) in [4.78, 5) is 8.82. The van der Waals surface area contributed by atoms with Crippen LogP contribution in [0.5, 0.6) is 0 Å². The van der Waals surface area contributed by atoms with Gasteiger partial charge in [0.2, 0.25) is 0 Å². The van der Waals surface area contributed by atoms with E-state index in [1.54, 1.807) is 12.4 Å². The van der Waals surface area contributed by atoms with E-state index in [0.717, 1.165) is 47.1 Å². The van der Waals surface area contributed by atoms with E-state index >= 15 is 0 Å². The summed E-state index contributed by atoms with van der Waals surface area (Å²) in [5.41, 5.74) is 3.74. The molecule has 0 radical (unpaired) electrons. The third kappa shape index (κ3) is 2.71. The maximum absolute atomic E-state index is 10.9. The Balaban J connectivity index is 1.87. The van der Waals surface area contributed by atoms with E-state index in [2.05, 4.69) is 10.3 Å². The van der Waals surface area contributed by atoms with Crippen LogP contribution in [0, 0.1) is 0 Å². The number of benzene rings is 1. The first-order valence-electron chi connectivity index (χ1n) is 8.04. The molecule has 4 nitrogen and oxygen atoms in total. The second kappa shape index (κ2) is 6.07. The van der Waals surface area contributed by atoms with Crippen LogP contribution in [0.3, 0.4) is 0 Å². The van der Waals surface area contributed by atoms with Crippen molar-refractivity contribution in [2.24, 2.45) is 0 Å². The fraction of sp³-hybridized carbons (Fsp3) is 0.263. The topological polar surface area (TPSA) is 58.0 Å². The average Bonchev–Trinajstić information content (AvgIpc) is 3.15. The molecule has 0 bridgehead atoms. The number of fused-ring (bicyclic) bond motifs is 1. The lowest BCUT2D eigenvalue weighted by molar-refractivity contribution is 0.139. The minimum Gasteiger partial charge on any atom is -0.387 e. The molecule has 1 aliphatic rings. The third-order valence-electron chi connectivity index (χ3n) is 4.52. The van der Waals surface area contributed by atoms with E-state index in [1.165, 1.54) is 0 Å². The number of hydrogen-bond acceptors (Lipinski definition) is 4. The number of rotatable bonds is 3. The molecule has 4 heteroatoms. The molecule has 0 spiro atoms. The predicted octanol–water partition coefficient (Wildman–Crippen LogP) is 3.08. The van der Waals surface area contributed by atoms with Gasteiger partial charge in [0.1, 0.15) is 0 Å². The Bertz CT molecular complexity index is 813. The predicted molar refractivity (Wildman–Crippen MR) is 91.0 cm³/mol. The first-order chi connectivity index (χ1) is 11.3. The summed E-state index contributed by atoms with van der Waals surface area (Å²) >= 11 is 0. The van der Waals surface area contributed by atoms with Crippen molar-refractivity contribution in [3.63, 3.8) is 0 Å². The summed E-state index contributed by atoms with van der Waals surface area (Å²) in [6.07, 6.45) is 5.12. The number of pyridine rings is 2. The van der Waals surface area contributed by atoms with Gasteiger partial charge in [0.25, 0.3) is 0 Å². The minimum absolute atomic E-state index is 0.117. The van der Waals surface area contributed by atoms with Crippen molar-refractivity contribution in [2.75, 3.05) is 6.54 Å². The van der Waals surface area contributed by atoms with Gasteiger partial charge in [0.15, 0.2) is 0 Å². The SMILES string of the molecule is O[C@H](c1cc(-c2ccncc2)nc2ccccc12)[C@@H]1CCCN1. The lowest BCUT2D eigenvalue weighted by Gasteiger charge is -2.21. The van der Waals surface area contributed by atoms with Gasteiger partial charge in [-0.1, -0.05) is 18.2 Å². The van der Waals surface area contributed by atoms with Crippen LogP contribution in [-0.2, 0) is 0 Å². The van der Waals surface area contributed by atoms with Crippen LogP contribution in [0.15, 0.2) is 54.9 Å². The number of nitrogens with one attached hydrogen (secondary N) is 1. The number of aromatic nitrogens is 2. The largest absolute Gasteiger partial charge is 0.387 e. The fourth-order valence-electron chi connectivity index (χ4n) is 3.32. The molecule has 1 fully saturated rings. The van der Waals surface area contributed by atoms with Gasteiger partial charge in [-0.2, -0.15) is 0 Å². The summed E-state index contributed by atoms with van der Waals surface area (Å²) in [5.74, 6) is 0. The molecule has 3 aromatic rings. The third-order valence-corrected chi connectivity index (χ3v) is 4.52. The highest BCUT2D eigenvalue weighted by molar-refractivity contribution is 5.85. The van der Waals surface area contributed by atoms with E-state index in [1.807, 2.05) is 42.5 Å². The lowest BCUT2D eigenvalue weighted by atomic mass is 9.95. The molecule has 3 heterocycles. The summed E-state index contributed by atoms with van der Waals surface area (Å²) in [6, 6.07) is 14.0. The summed E-state index contributed by atoms with van der Waals surface area (Å²) in [7, 11) is 0. The zero-order chi connectivity index (χ0) is 15.6. The van der Waals surface area contributed by atoms with Gasteiger partial charge in [-0.05, 0) is 49.2 Å². The number of hydrogen-bond donors (Lipinski definition) is 2. The lowest BCUT2D eigenvalue weighted by Crippen LogP contribution is -2.28. The van der Waals surface area contributed by atoms with Crippen LogP contribution in [0.25, 0.3) is 22.2 Å². The molecule has 0 amide bonds. The molecule has 1 saturated heterocycles. The first kappa shape index (κ1) is 14.3. The Hall–Kier alpha value is -2.30. The molecule has 0 unspecified atom stereocenters. The number of para-hydroxylation sites is 1. The highest BCUT2D eigenvalue weighted by Gasteiger charge is 2.26. The van der Waals surface area contributed by atoms with Crippen molar-refractivity contribution in [1.82, 2.24) is 15.3 Å². The van der Waals surface area contributed by atoms with Gasteiger partial charge < -0.3 is 10.4 Å².